The van der Waals surface area contributed by atoms with Gasteiger partial charge < -0.3 is 19.9 Å². The molecule has 0 radical (unpaired) electrons. The topological polar surface area (TPSA) is 121 Å². The van der Waals surface area contributed by atoms with Gasteiger partial charge in [0.15, 0.2) is 0 Å². The molecule has 182 valence electrons. The van der Waals surface area contributed by atoms with Crippen molar-refractivity contribution < 1.29 is 19.1 Å². The van der Waals surface area contributed by atoms with Crippen molar-refractivity contribution in [2.24, 2.45) is 5.92 Å². The van der Waals surface area contributed by atoms with Crippen LogP contribution < -0.4 is 5.32 Å². The number of H-pyrrole nitrogens is 1. The van der Waals surface area contributed by atoms with Gasteiger partial charge in [-0.15, -0.1) is 0 Å². The largest absolute Gasteiger partial charge is 0.445 e. The van der Waals surface area contributed by atoms with Gasteiger partial charge in [0.2, 0.25) is 11.8 Å². The zero-order valence-corrected chi connectivity index (χ0v) is 19.7. The fourth-order valence-electron chi connectivity index (χ4n) is 4.60. The fourth-order valence-corrected chi connectivity index (χ4v) is 4.73. The second kappa shape index (κ2) is 9.91. The predicted molar refractivity (Wildman–Crippen MR) is 129 cm³/mol. The second-order valence-electron chi connectivity index (χ2n) is 8.86. The van der Waals surface area contributed by atoms with Crippen LogP contribution in [0.5, 0.6) is 0 Å². The second-order valence-corrected chi connectivity index (χ2v) is 9.30. The molecule has 1 atom stereocenters. The highest BCUT2D eigenvalue weighted by molar-refractivity contribution is 6.30. The van der Waals surface area contributed by atoms with Crippen LogP contribution in [0.3, 0.4) is 0 Å². The Morgan fingerprint density at radius 1 is 1.09 bits per heavy atom. The number of amides is 3. The average molecular weight is 497 g/mol. The Morgan fingerprint density at radius 3 is 2.60 bits per heavy atom. The number of likely N-dealkylation sites (tertiary alicyclic amines) is 2. The SMILES string of the molecule is O=C(Nc1ccc2n[nH]nc2c1)C1CC(=O)N(C2CCN(C(=O)OCc3ccc(Cl)cc3)CC2)C1. The maximum absolute atomic E-state index is 12.8. The minimum Gasteiger partial charge on any atom is -0.445 e. The minimum absolute atomic E-state index is 0.00657. The van der Waals surface area contributed by atoms with Crippen LogP contribution in [0.15, 0.2) is 42.5 Å². The summed E-state index contributed by atoms with van der Waals surface area (Å²) in [4.78, 5) is 41.4. The van der Waals surface area contributed by atoms with E-state index >= 15 is 0 Å². The summed E-state index contributed by atoms with van der Waals surface area (Å²) < 4.78 is 5.42. The Bertz CT molecular complexity index is 1240. The lowest BCUT2D eigenvalue weighted by atomic mass is 10.0. The molecule has 0 spiro atoms. The van der Waals surface area contributed by atoms with Gasteiger partial charge in [-0.1, -0.05) is 23.7 Å². The molecule has 35 heavy (non-hydrogen) atoms. The van der Waals surface area contributed by atoms with Crippen LogP contribution in [0, 0.1) is 5.92 Å². The molecule has 0 aliphatic carbocycles. The van der Waals surface area contributed by atoms with Gasteiger partial charge in [-0.2, -0.15) is 15.4 Å². The first-order chi connectivity index (χ1) is 17.0. The van der Waals surface area contributed by atoms with Crippen LogP contribution in [-0.2, 0) is 20.9 Å². The maximum atomic E-state index is 12.8. The van der Waals surface area contributed by atoms with Gasteiger partial charge in [0.1, 0.15) is 17.6 Å². The van der Waals surface area contributed by atoms with E-state index in [0.717, 1.165) is 5.56 Å². The number of benzene rings is 2. The highest BCUT2D eigenvalue weighted by Gasteiger charge is 2.39. The molecule has 0 saturated carbocycles. The van der Waals surface area contributed by atoms with Crippen LogP contribution in [-0.4, -0.2) is 68.8 Å². The van der Waals surface area contributed by atoms with Crippen molar-refractivity contribution in [1.82, 2.24) is 25.2 Å². The molecule has 1 unspecified atom stereocenters. The highest BCUT2D eigenvalue weighted by Crippen LogP contribution is 2.27. The lowest BCUT2D eigenvalue weighted by Crippen LogP contribution is -2.47. The van der Waals surface area contributed by atoms with Gasteiger partial charge in [0.05, 0.1) is 5.92 Å². The number of carbonyl (C=O) groups is 3. The number of anilines is 1. The number of aromatic nitrogens is 3. The molecular weight excluding hydrogens is 472 g/mol. The summed E-state index contributed by atoms with van der Waals surface area (Å²) in [6.45, 7) is 1.56. The number of aromatic amines is 1. The summed E-state index contributed by atoms with van der Waals surface area (Å²) in [5.74, 6) is -0.634. The molecule has 2 aliphatic rings. The summed E-state index contributed by atoms with van der Waals surface area (Å²) in [6.07, 6.45) is 1.12. The number of piperidine rings is 1. The molecular formula is C24H25ClN6O4. The van der Waals surface area contributed by atoms with Crippen molar-refractivity contribution in [1.29, 1.82) is 0 Å². The Balaban J connectivity index is 1.10. The van der Waals surface area contributed by atoms with Gasteiger partial charge in [-0.05, 0) is 48.7 Å². The summed E-state index contributed by atoms with van der Waals surface area (Å²) in [5, 5.41) is 14.1. The Hall–Kier alpha value is -3.66. The quantitative estimate of drug-likeness (QED) is 0.559. The summed E-state index contributed by atoms with van der Waals surface area (Å²) in [6, 6.07) is 12.4. The normalized spacial score (nSPS) is 18.8. The lowest BCUT2D eigenvalue weighted by molar-refractivity contribution is -0.130. The van der Waals surface area contributed by atoms with Crippen LogP contribution >= 0.6 is 11.6 Å². The van der Waals surface area contributed by atoms with E-state index in [0.29, 0.717) is 54.2 Å². The number of hydrogen-bond acceptors (Lipinski definition) is 6. The number of halogens is 1. The third-order valence-corrected chi connectivity index (χ3v) is 6.80. The van der Waals surface area contributed by atoms with E-state index in [1.165, 1.54) is 0 Å². The van der Waals surface area contributed by atoms with Gasteiger partial charge in [0, 0.05) is 42.8 Å². The van der Waals surface area contributed by atoms with Crippen molar-refractivity contribution in [3.63, 3.8) is 0 Å². The van der Waals surface area contributed by atoms with Crippen molar-refractivity contribution in [3.05, 3.63) is 53.1 Å². The maximum Gasteiger partial charge on any atom is 0.410 e. The summed E-state index contributed by atoms with van der Waals surface area (Å²) >= 11 is 5.88. The first-order valence-corrected chi connectivity index (χ1v) is 11.9. The highest BCUT2D eigenvalue weighted by atomic mass is 35.5. The van der Waals surface area contributed by atoms with Crippen molar-refractivity contribution in [3.8, 4) is 0 Å². The molecule has 2 aromatic carbocycles. The number of carbonyl (C=O) groups excluding carboxylic acids is 3. The van der Waals surface area contributed by atoms with E-state index < -0.39 is 5.92 Å². The van der Waals surface area contributed by atoms with Crippen molar-refractivity contribution in [2.75, 3.05) is 25.0 Å². The zero-order valence-electron chi connectivity index (χ0n) is 18.9. The molecule has 3 aromatic rings. The number of nitrogens with one attached hydrogen (secondary N) is 2. The number of rotatable bonds is 5. The number of fused-ring (bicyclic) bond motifs is 1. The van der Waals surface area contributed by atoms with Crippen LogP contribution in [0.1, 0.15) is 24.8 Å². The molecule has 3 heterocycles. The van der Waals surface area contributed by atoms with Crippen LogP contribution in [0.2, 0.25) is 5.02 Å². The number of hydrogen-bond donors (Lipinski definition) is 2. The van der Waals surface area contributed by atoms with E-state index in [2.05, 4.69) is 20.7 Å². The summed E-state index contributed by atoms with van der Waals surface area (Å²) in [7, 11) is 0. The smallest absolute Gasteiger partial charge is 0.410 e. The predicted octanol–water partition coefficient (Wildman–Crippen LogP) is 3.20. The molecule has 2 saturated heterocycles. The van der Waals surface area contributed by atoms with Crippen molar-refractivity contribution >= 4 is 46.2 Å². The third-order valence-electron chi connectivity index (χ3n) is 6.55. The van der Waals surface area contributed by atoms with Crippen molar-refractivity contribution in [2.45, 2.75) is 31.9 Å². The lowest BCUT2D eigenvalue weighted by Gasteiger charge is -2.36. The van der Waals surface area contributed by atoms with E-state index in [4.69, 9.17) is 16.3 Å². The average Bonchev–Trinajstić information content (AvgIpc) is 3.50. The van der Waals surface area contributed by atoms with Gasteiger partial charge in [-0.3, -0.25) is 9.59 Å². The van der Waals surface area contributed by atoms with Gasteiger partial charge in [0.25, 0.3) is 0 Å². The molecule has 2 aliphatic heterocycles. The molecule has 0 bridgehead atoms. The Kier molecular flexibility index (Phi) is 6.54. The monoisotopic (exact) mass is 496 g/mol. The number of nitrogens with zero attached hydrogens (tertiary/aromatic N) is 4. The van der Waals surface area contributed by atoms with E-state index in [9.17, 15) is 14.4 Å². The molecule has 3 amide bonds. The van der Waals surface area contributed by atoms with Crippen LogP contribution in [0.25, 0.3) is 11.0 Å². The standard InChI is InChI=1S/C24H25ClN6O4/c25-17-3-1-15(2-4-17)14-35-24(34)30-9-7-19(8-10-30)31-13-16(11-22(31)32)23(33)26-18-5-6-20-21(12-18)28-29-27-20/h1-6,12,16,19H,7-11,13-14H2,(H,26,33)(H,27,28,29). The zero-order chi connectivity index (χ0) is 24.4. The summed E-state index contributed by atoms with van der Waals surface area (Å²) in [5.41, 5.74) is 2.86. The van der Waals surface area contributed by atoms with Gasteiger partial charge >= 0.3 is 6.09 Å². The molecule has 10 nitrogen and oxygen atoms in total. The van der Waals surface area contributed by atoms with E-state index in [-0.39, 0.29) is 37.0 Å². The number of ether oxygens (including phenoxy) is 1. The van der Waals surface area contributed by atoms with E-state index in [1.54, 1.807) is 40.1 Å². The molecule has 2 fully saturated rings. The Labute approximate surface area is 206 Å². The molecule has 2 N–H and O–H groups in total. The van der Waals surface area contributed by atoms with Crippen LogP contribution in [0.4, 0.5) is 10.5 Å². The fraction of sp³-hybridized carbons (Fsp3) is 0.375. The first-order valence-electron chi connectivity index (χ1n) is 11.5. The van der Waals surface area contributed by atoms with Gasteiger partial charge in [-0.25, -0.2) is 4.79 Å². The molecule has 5 rings (SSSR count). The molecule has 11 heteroatoms. The minimum atomic E-state index is -0.419. The first kappa shape index (κ1) is 23.1. The molecule has 1 aromatic heterocycles. The van der Waals surface area contributed by atoms with E-state index in [1.807, 2.05) is 12.1 Å². The third kappa shape index (κ3) is 5.22. The Morgan fingerprint density at radius 2 is 1.83 bits per heavy atom.